The number of amides is 2. The summed E-state index contributed by atoms with van der Waals surface area (Å²) in [5.41, 5.74) is 0.294. The number of aliphatic hydroxyl groups is 1. The molecule has 2 N–H and O–H groups in total. The number of halogens is 3. The van der Waals surface area contributed by atoms with Crippen molar-refractivity contribution >= 4 is 64.3 Å². The van der Waals surface area contributed by atoms with E-state index in [0.29, 0.717) is 10.5 Å². The van der Waals surface area contributed by atoms with Gasteiger partial charge < -0.3 is 15.2 Å². The van der Waals surface area contributed by atoms with Gasteiger partial charge in [-0.3, -0.25) is 14.5 Å². The van der Waals surface area contributed by atoms with Crippen LogP contribution in [0.2, 0.25) is 0 Å². The maximum atomic E-state index is 12.3. The molecule has 7 nitrogen and oxygen atoms in total. The number of nitrogens with one attached hydrogen (secondary N) is 1. The summed E-state index contributed by atoms with van der Waals surface area (Å²) in [7, 11) is 0. The van der Waals surface area contributed by atoms with Gasteiger partial charge in [-0.25, -0.2) is 4.79 Å². The fourth-order valence-electron chi connectivity index (χ4n) is 2.28. The number of alkyl halides is 3. The molecule has 132 valence electrons. The van der Waals surface area contributed by atoms with E-state index >= 15 is 0 Å². The summed E-state index contributed by atoms with van der Waals surface area (Å²) in [6.07, 6.45) is 0.827. The molecule has 1 unspecified atom stereocenters. The number of hydrogen-bond donors (Lipinski definition) is 2. The van der Waals surface area contributed by atoms with Gasteiger partial charge in [-0.05, 0) is 12.5 Å². The van der Waals surface area contributed by atoms with E-state index in [1.54, 1.807) is 6.92 Å². The standard InChI is InChI=1S/C13H13Cl3N2O5S/c1-5-7(3-19)24-11-8(17-6(2)20)10(21)18(11)9(5)12(22)23-4-13(14,15)16/h3,8,11,19H,4H2,1-2H3,(H,17,20)/t8?,11-/m1/s1. The fourth-order valence-corrected chi connectivity index (χ4v) is 3.68. The molecule has 0 aliphatic carbocycles. The van der Waals surface area contributed by atoms with Crippen LogP contribution in [-0.4, -0.2) is 49.6 Å². The predicted molar refractivity (Wildman–Crippen MR) is 90.5 cm³/mol. The lowest BCUT2D eigenvalue weighted by atomic mass is 10.0. The highest BCUT2D eigenvalue weighted by atomic mass is 35.6. The minimum absolute atomic E-state index is 0.0556. The van der Waals surface area contributed by atoms with Crippen LogP contribution >= 0.6 is 46.6 Å². The Hall–Kier alpha value is -1.09. The number of ether oxygens (including phenoxy) is 1. The highest BCUT2D eigenvalue weighted by Crippen LogP contribution is 2.46. The van der Waals surface area contributed by atoms with E-state index < -0.39 is 33.7 Å². The van der Waals surface area contributed by atoms with Gasteiger partial charge in [0.25, 0.3) is 5.91 Å². The number of allylic oxidation sites excluding steroid dienone is 1. The maximum Gasteiger partial charge on any atom is 0.355 e. The van der Waals surface area contributed by atoms with Gasteiger partial charge in [-0.1, -0.05) is 46.6 Å². The van der Waals surface area contributed by atoms with Crippen LogP contribution in [0.1, 0.15) is 13.8 Å². The molecule has 24 heavy (non-hydrogen) atoms. The van der Waals surface area contributed by atoms with Crippen molar-refractivity contribution in [2.24, 2.45) is 0 Å². The Kier molecular flexibility index (Phi) is 5.64. The average molecular weight is 416 g/mol. The summed E-state index contributed by atoms with van der Waals surface area (Å²) in [6, 6.07) is -0.800. The molecule has 2 rings (SSSR count). The van der Waals surface area contributed by atoms with Crippen LogP contribution in [0.5, 0.6) is 0 Å². The van der Waals surface area contributed by atoms with E-state index in [0.717, 1.165) is 18.0 Å². The third-order valence-electron chi connectivity index (χ3n) is 3.29. The fraction of sp³-hybridized carbons (Fsp3) is 0.462. The first-order valence-corrected chi connectivity index (χ1v) is 8.64. The number of thioether (sulfide) groups is 1. The third kappa shape index (κ3) is 3.77. The van der Waals surface area contributed by atoms with Crippen LogP contribution in [0.25, 0.3) is 0 Å². The highest BCUT2D eigenvalue weighted by Gasteiger charge is 2.55. The van der Waals surface area contributed by atoms with E-state index in [1.165, 1.54) is 11.8 Å². The molecule has 2 aliphatic heterocycles. The van der Waals surface area contributed by atoms with E-state index in [1.807, 2.05) is 0 Å². The second-order valence-electron chi connectivity index (χ2n) is 5.05. The number of carbonyl (C=O) groups excluding carboxylic acids is 3. The van der Waals surface area contributed by atoms with Gasteiger partial charge in [0.05, 0.1) is 6.26 Å². The topological polar surface area (TPSA) is 95.9 Å². The Labute approximate surface area is 156 Å². The number of aliphatic hydroxyl groups excluding tert-OH is 1. The van der Waals surface area contributed by atoms with Crippen molar-refractivity contribution in [1.82, 2.24) is 10.2 Å². The molecule has 0 bridgehead atoms. The first kappa shape index (κ1) is 19.2. The van der Waals surface area contributed by atoms with Gasteiger partial charge in [0.2, 0.25) is 9.70 Å². The molecule has 11 heteroatoms. The SMILES string of the molecule is CC(=O)NC1C(=O)N2C(C(=O)OCC(Cl)(Cl)Cl)=C(C)C(=CO)S[C@H]12. The Bertz CT molecular complexity index is 658. The maximum absolute atomic E-state index is 12.3. The molecule has 1 fully saturated rings. The molecule has 2 amide bonds. The molecule has 2 atom stereocenters. The summed E-state index contributed by atoms with van der Waals surface area (Å²) in [5.74, 6) is -1.70. The lowest BCUT2D eigenvalue weighted by Gasteiger charge is -2.49. The van der Waals surface area contributed by atoms with Crippen molar-refractivity contribution in [1.29, 1.82) is 0 Å². The zero-order chi connectivity index (χ0) is 18.2. The summed E-state index contributed by atoms with van der Waals surface area (Å²) in [6.45, 7) is 2.33. The van der Waals surface area contributed by atoms with Gasteiger partial charge in [-0.2, -0.15) is 0 Å². The van der Waals surface area contributed by atoms with Crippen LogP contribution in [0.3, 0.4) is 0 Å². The zero-order valence-electron chi connectivity index (χ0n) is 12.5. The normalized spacial score (nSPS) is 25.3. The minimum Gasteiger partial charge on any atom is -0.514 e. The number of hydrogen-bond acceptors (Lipinski definition) is 6. The molecule has 1 saturated heterocycles. The molecule has 2 aliphatic rings. The second-order valence-corrected chi connectivity index (χ2v) is 8.73. The van der Waals surface area contributed by atoms with E-state index in [9.17, 15) is 19.5 Å². The van der Waals surface area contributed by atoms with Crippen LogP contribution in [0, 0.1) is 0 Å². The molecular formula is C13H13Cl3N2O5S. The monoisotopic (exact) mass is 414 g/mol. The molecule has 0 spiro atoms. The van der Waals surface area contributed by atoms with E-state index in [-0.39, 0.29) is 11.6 Å². The molecule has 0 aromatic rings. The van der Waals surface area contributed by atoms with Crippen LogP contribution in [-0.2, 0) is 19.1 Å². The van der Waals surface area contributed by atoms with Crippen molar-refractivity contribution in [3.63, 3.8) is 0 Å². The number of β-lactam (4-membered cyclic amide) rings is 1. The smallest absolute Gasteiger partial charge is 0.355 e. The predicted octanol–water partition coefficient (Wildman–Crippen LogP) is 1.99. The zero-order valence-corrected chi connectivity index (χ0v) is 15.6. The van der Waals surface area contributed by atoms with Crippen LogP contribution < -0.4 is 5.32 Å². The molecule has 2 heterocycles. The summed E-state index contributed by atoms with van der Waals surface area (Å²) >= 11 is 17.8. The quantitative estimate of drug-likeness (QED) is 0.317. The van der Waals surface area contributed by atoms with Gasteiger partial charge in [0.15, 0.2) is 0 Å². The van der Waals surface area contributed by atoms with Crippen LogP contribution in [0.4, 0.5) is 0 Å². The number of carbonyl (C=O) groups is 3. The van der Waals surface area contributed by atoms with Crippen LogP contribution in [0.15, 0.2) is 22.4 Å². The highest BCUT2D eigenvalue weighted by molar-refractivity contribution is 8.04. The lowest BCUT2D eigenvalue weighted by molar-refractivity contribution is -0.152. The third-order valence-corrected chi connectivity index (χ3v) is 5.01. The van der Waals surface area contributed by atoms with Gasteiger partial charge >= 0.3 is 5.97 Å². The number of nitrogens with zero attached hydrogens (tertiary/aromatic N) is 1. The Morgan fingerprint density at radius 1 is 1.46 bits per heavy atom. The molecule has 0 aromatic carbocycles. The first-order valence-electron chi connectivity index (χ1n) is 6.63. The van der Waals surface area contributed by atoms with Crippen molar-refractivity contribution in [2.45, 2.75) is 29.1 Å². The van der Waals surface area contributed by atoms with Crippen molar-refractivity contribution < 1.29 is 24.2 Å². The number of rotatable bonds is 3. The number of esters is 1. The molecule has 0 radical (unpaired) electrons. The lowest BCUT2D eigenvalue weighted by Crippen LogP contribution is -2.70. The van der Waals surface area contributed by atoms with Gasteiger partial charge in [-0.15, -0.1) is 0 Å². The Morgan fingerprint density at radius 3 is 2.58 bits per heavy atom. The first-order chi connectivity index (χ1) is 11.1. The van der Waals surface area contributed by atoms with Gasteiger partial charge in [0.1, 0.15) is 23.7 Å². The summed E-state index contributed by atoms with van der Waals surface area (Å²) in [5, 5.41) is 11.3. The second kappa shape index (κ2) is 7.03. The van der Waals surface area contributed by atoms with Crippen molar-refractivity contribution in [3.05, 3.63) is 22.4 Å². The summed E-state index contributed by atoms with van der Waals surface area (Å²) < 4.78 is 3.14. The van der Waals surface area contributed by atoms with Crippen molar-refractivity contribution in [2.75, 3.05) is 6.61 Å². The molecular weight excluding hydrogens is 403 g/mol. The molecule has 0 saturated carbocycles. The van der Waals surface area contributed by atoms with E-state index in [4.69, 9.17) is 39.5 Å². The van der Waals surface area contributed by atoms with E-state index in [2.05, 4.69) is 5.32 Å². The minimum atomic E-state index is -1.79. The Balaban J connectivity index is 2.29. The summed E-state index contributed by atoms with van der Waals surface area (Å²) in [4.78, 5) is 37.4. The largest absolute Gasteiger partial charge is 0.514 e. The molecule has 0 aromatic heterocycles. The Morgan fingerprint density at radius 2 is 2.08 bits per heavy atom. The van der Waals surface area contributed by atoms with Gasteiger partial charge in [0, 0.05) is 11.8 Å². The van der Waals surface area contributed by atoms with Crippen molar-refractivity contribution in [3.8, 4) is 0 Å². The average Bonchev–Trinajstić information content (AvgIpc) is 2.49. The number of fused-ring (bicyclic) bond motifs is 1.